The first kappa shape index (κ1) is 14.5. The molecule has 4 heteroatoms. The van der Waals surface area contributed by atoms with Gasteiger partial charge < -0.3 is 15.2 Å². The topological polar surface area (TPSA) is 47.7 Å². The summed E-state index contributed by atoms with van der Waals surface area (Å²) in [7, 11) is 0. The summed E-state index contributed by atoms with van der Waals surface area (Å²) in [5.74, 6) is 3.08. The highest BCUT2D eigenvalue weighted by Gasteiger charge is 2.29. The van der Waals surface area contributed by atoms with Crippen LogP contribution in [0.3, 0.4) is 0 Å². The van der Waals surface area contributed by atoms with E-state index in [0.29, 0.717) is 19.3 Å². The van der Waals surface area contributed by atoms with E-state index in [9.17, 15) is 0 Å². The number of hydrogen-bond donors (Lipinski definition) is 1. The fourth-order valence-corrected chi connectivity index (χ4v) is 3.54. The van der Waals surface area contributed by atoms with Crippen LogP contribution in [0, 0.1) is 11.8 Å². The maximum atomic E-state index is 6.21. The van der Waals surface area contributed by atoms with E-state index in [4.69, 9.17) is 15.2 Å². The van der Waals surface area contributed by atoms with Gasteiger partial charge in [-0.25, -0.2) is 0 Å². The third-order valence-corrected chi connectivity index (χ3v) is 4.90. The van der Waals surface area contributed by atoms with E-state index in [2.05, 4.69) is 31.7 Å². The van der Waals surface area contributed by atoms with Crippen molar-refractivity contribution in [2.24, 2.45) is 11.8 Å². The number of piperidine rings is 1. The molecule has 0 amide bonds. The monoisotopic (exact) mass is 290 g/mol. The second-order valence-electron chi connectivity index (χ2n) is 6.68. The lowest BCUT2D eigenvalue weighted by Gasteiger charge is -2.41. The largest absolute Gasteiger partial charge is 0.486 e. The van der Waals surface area contributed by atoms with Crippen LogP contribution < -0.4 is 15.2 Å². The van der Waals surface area contributed by atoms with Crippen LogP contribution in [0.25, 0.3) is 0 Å². The summed E-state index contributed by atoms with van der Waals surface area (Å²) < 4.78 is 11.3. The van der Waals surface area contributed by atoms with Crippen LogP contribution >= 0.6 is 0 Å². The van der Waals surface area contributed by atoms with Gasteiger partial charge in [0.25, 0.3) is 0 Å². The molecule has 3 unspecified atom stereocenters. The normalized spacial score (nSPS) is 29.4. The number of anilines is 1. The fourth-order valence-electron chi connectivity index (χ4n) is 3.54. The highest BCUT2D eigenvalue weighted by atomic mass is 16.6. The lowest BCUT2D eigenvalue weighted by atomic mass is 9.85. The highest BCUT2D eigenvalue weighted by molar-refractivity contribution is 5.58. The molecule has 116 valence electrons. The van der Waals surface area contributed by atoms with Crippen LogP contribution in [0.2, 0.25) is 0 Å². The Morgan fingerprint density at radius 2 is 1.81 bits per heavy atom. The van der Waals surface area contributed by atoms with Gasteiger partial charge in [-0.2, -0.15) is 0 Å². The summed E-state index contributed by atoms with van der Waals surface area (Å²) in [5, 5.41) is 0. The molecule has 1 aromatic rings. The Morgan fingerprint density at radius 3 is 2.52 bits per heavy atom. The summed E-state index contributed by atoms with van der Waals surface area (Å²) in [6.07, 6.45) is 1.31. The molecule has 1 aromatic carbocycles. The Bertz CT molecular complexity index is 518. The predicted molar refractivity (Wildman–Crippen MR) is 84.7 cm³/mol. The molecule has 4 nitrogen and oxygen atoms in total. The third kappa shape index (κ3) is 2.95. The number of benzene rings is 1. The Hall–Kier alpha value is -1.42. The molecule has 2 heterocycles. The molecule has 2 aliphatic heterocycles. The minimum atomic E-state index is 0.591. The molecular formula is C17H26N2O2. The van der Waals surface area contributed by atoms with E-state index in [-0.39, 0.29) is 0 Å². The van der Waals surface area contributed by atoms with Crippen molar-refractivity contribution in [3.63, 3.8) is 0 Å². The highest BCUT2D eigenvalue weighted by Crippen LogP contribution is 2.36. The molecule has 2 N–H and O–H groups in total. The van der Waals surface area contributed by atoms with Gasteiger partial charge in [-0.15, -0.1) is 0 Å². The van der Waals surface area contributed by atoms with Crippen molar-refractivity contribution in [1.29, 1.82) is 0 Å². The molecule has 1 fully saturated rings. The fraction of sp³-hybridized carbons (Fsp3) is 0.647. The molecule has 21 heavy (non-hydrogen) atoms. The van der Waals surface area contributed by atoms with Crippen LogP contribution in [0.4, 0.5) is 5.69 Å². The minimum absolute atomic E-state index is 0.591. The van der Waals surface area contributed by atoms with Crippen LogP contribution in [0.1, 0.15) is 32.8 Å². The quantitative estimate of drug-likeness (QED) is 0.851. The Morgan fingerprint density at radius 1 is 1.14 bits per heavy atom. The maximum Gasteiger partial charge on any atom is 0.163 e. The number of nitrogen functional groups attached to an aromatic ring is 1. The zero-order valence-electron chi connectivity index (χ0n) is 13.3. The van der Waals surface area contributed by atoms with Crippen molar-refractivity contribution in [3.8, 4) is 11.5 Å². The third-order valence-electron chi connectivity index (χ3n) is 4.90. The van der Waals surface area contributed by atoms with Crippen LogP contribution in [0.15, 0.2) is 12.1 Å². The van der Waals surface area contributed by atoms with Gasteiger partial charge in [0.15, 0.2) is 11.5 Å². The second kappa shape index (κ2) is 5.76. The lowest BCUT2D eigenvalue weighted by Crippen LogP contribution is -2.45. The molecule has 1 saturated heterocycles. The molecular weight excluding hydrogens is 264 g/mol. The lowest BCUT2D eigenvalue weighted by molar-refractivity contribution is 0.0729. The Kier molecular flexibility index (Phi) is 3.98. The summed E-state index contributed by atoms with van der Waals surface area (Å²) in [5.41, 5.74) is 8.16. The Labute approximate surface area is 127 Å². The summed E-state index contributed by atoms with van der Waals surface area (Å²) in [6.45, 7) is 10.3. The van der Waals surface area contributed by atoms with Gasteiger partial charge >= 0.3 is 0 Å². The van der Waals surface area contributed by atoms with Crippen molar-refractivity contribution in [3.05, 3.63) is 17.7 Å². The Balaban J connectivity index is 1.80. The van der Waals surface area contributed by atoms with Gasteiger partial charge in [-0.1, -0.05) is 13.8 Å². The number of ether oxygens (including phenoxy) is 2. The van der Waals surface area contributed by atoms with E-state index >= 15 is 0 Å². The molecule has 0 saturated carbocycles. The number of hydrogen-bond acceptors (Lipinski definition) is 4. The van der Waals surface area contributed by atoms with Gasteiger partial charge in [0.05, 0.1) is 0 Å². The van der Waals surface area contributed by atoms with Crippen molar-refractivity contribution in [2.45, 2.75) is 39.8 Å². The van der Waals surface area contributed by atoms with Gasteiger partial charge in [0.2, 0.25) is 0 Å². The standard InChI is InChI=1S/C17H26N2O2/c1-11-6-12(2)13(3)19(9-11)10-14-7-16-17(8-15(14)18)21-5-4-20-16/h7-8,11-13H,4-6,9-10,18H2,1-3H3. The second-order valence-corrected chi connectivity index (χ2v) is 6.68. The average molecular weight is 290 g/mol. The number of likely N-dealkylation sites (tertiary alicyclic amines) is 1. The summed E-state index contributed by atoms with van der Waals surface area (Å²) in [4.78, 5) is 2.54. The van der Waals surface area contributed by atoms with Gasteiger partial charge in [0, 0.05) is 30.9 Å². The first-order valence-corrected chi connectivity index (χ1v) is 7.96. The van der Waals surface area contributed by atoms with Gasteiger partial charge in [0.1, 0.15) is 13.2 Å². The molecule has 3 rings (SSSR count). The number of nitrogens with two attached hydrogens (primary N) is 1. The number of fused-ring (bicyclic) bond motifs is 1. The smallest absolute Gasteiger partial charge is 0.163 e. The van der Waals surface area contributed by atoms with E-state index in [0.717, 1.165) is 47.7 Å². The van der Waals surface area contributed by atoms with Crippen LogP contribution in [-0.4, -0.2) is 30.7 Å². The average Bonchev–Trinajstić information content (AvgIpc) is 2.45. The van der Waals surface area contributed by atoms with Crippen LogP contribution in [0.5, 0.6) is 11.5 Å². The van der Waals surface area contributed by atoms with E-state index in [1.807, 2.05) is 6.07 Å². The predicted octanol–water partition coefficient (Wildman–Crippen LogP) is 2.91. The van der Waals surface area contributed by atoms with E-state index < -0.39 is 0 Å². The van der Waals surface area contributed by atoms with Crippen molar-refractivity contribution in [1.82, 2.24) is 4.90 Å². The minimum Gasteiger partial charge on any atom is -0.486 e. The number of nitrogens with zero attached hydrogens (tertiary/aromatic N) is 1. The van der Waals surface area contributed by atoms with Gasteiger partial charge in [-0.3, -0.25) is 4.90 Å². The summed E-state index contributed by atoms with van der Waals surface area (Å²) >= 11 is 0. The molecule has 0 aliphatic carbocycles. The van der Waals surface area contributed by atoms with E-state index in [1.54, 1.807) is 0 Å². The maximum absolute atomic E-state index is 6.21. The van der Waals surface area contributed by atoms with Gasteiger partial charge in [-0.05, 0) is 36.8 Å². The van der Waals surface area contributed by atoms with Crippen molar-refractivity contribution >= 4 is 5.69 Å². The molecule has 0 bridgehead atoms. The zero-order valence-corrected chi connectivity index (χ0v) is 13.3. The van der Waals surface area contributed by atoms with Crippen LogP contribution in [-0.2, 0) is 6.54 Å². The zero-order chi connectivity index (χ0) is 15.0. The molecule has 0 spiro atoms. The SMILES string of the molecule is CC1CC(C)C(C)N(Cc2cc3c(cc2N)OCCO3)C1. The van der Waals surface area contributed by atoms with Crippen molar-refractivity contribution in [2.75, 3.05) is 25.5 Å². The molecule has 0 radical (unpaired) electrons. The van der Waals surface area contributed by atoms with Crippen molar-refractivity contribution < 1.29 is 9.47 Å². The van der Waals surface area contributed by atoms with E-state index in [1.165, 1.54) is 6.42 Å². The molecule has 0 aromatic heterocycles. The molecule has 3 atom stereocenters. The first-order valence-electron chi connectivity index (χ1n) is 7.96. The summed E-state index contributed by atoms with van der Waals surface area (Å²) in [6, 6.07) is 4.56. The molecule has 2 aliphatic rings. The first-order chi connectivity index (χ1) is 10.0. The number of rotatable bonds is 2.